The SMILES string of the molecule is O=C1CCC[C@H](C=CC(O)Cc2ccccc2)N1CCCCCCc1nn[nH]n1. The normalized spacial score (nSPS) is 18.4. The maximum absolute atomic E-state index is 12.4. The molecule has 1 amide bonds. The van der Waals surface area contributed by atoms with E-state index in [4.69, 9.17) is 0 Å². The number of unbranched alkanes of at least 4 members (excludes halogenated alkanes) is 3. The summed E-state index contributed by atoms with van der Waals surface area (Å²) in [5.41, 5.74) is 1.11. The van der Waals surface area contributed by atoms with Gasteiger partial charge in [-0.2, -0.15) is 5.21 Å². The maximum Gasteiger partial charge on any atom is 0.223 e. The monoisotopic (exact) mass is 397 g/mol. The Labute approximate surface area is 172 Å². The van der Waals surface area contributed by atoms with Gasteiger partial charge in [-0.15, -0.1) is 10.2 Å². The molecule has 2 atom stereocenters. The minimum Gasteiger partial charge on any atom is -0.389 e. The minimum atomic E-state index is -0.526. The molecule has 1 fully saturated rings. The zero-order valence-electron chi connectivity index (χ0n) is 16.9. The number of aromatic amines is 1. The third kappa shape index (κ3) is 7.09. The van der Waals surface area contributed by atoms with Crippen LogP contribution in [0.2, 0.25) is 0 Å². The van der Waals surface area contributed by atoms with Crippen molar-refractivity contribution >= 4 is 5.91 Å². The second-order valence-electron chi connectivity index (χ2n) is 7.68. The predicted octanol–water partition coefficient (Wildman–Crippen LogP) is 2.84. The van der Waals surface area contributed by atoms with Crippen molar-refractivity contribution in [1.82, 2.24) is 25.5 Å². The van der Waals surface area contributed by atoms with E-state index in [-0.39, 0.29) is 11.9 Å². The van der Waals surface area contributed by atoms with Crippen molar-refractivity contribution < 1.29 is 9.90 Å². The number of piperidine rings is 1. The summed E-state index contributed by atoms with van der Waals surface area (Å²) in [6, 6.07) is 10.1. The number of rotatable bonds is 11. The van der Waals surface area contributed by atoms with Crippen molar-refractivity contribution in [3.8, 4) is 0 Å². The highest BCUT2D eigenvalue weighted by molar-refractivity contribution is 5.77. The summed E-state index contributed by atoms with van der Waals surface area (Å²) in [5, 5.41) is 24.3. The molecular formula is C22H31N5O2. The quantitative estimate of drug-likeness (QED) is 0.449. The minimum absolute atomic E-state index is 0.0982. The third-order valence-electron chi connectivity index (χ3n) is 5.39. The molecule has 0 spiro atoms. The highest BCUT2D eigenvalue weighted by Crippen LogP contribution is 2.21. The fourth-order valence-corrected chi connectivity index (χ4v) is 3.82. The van der Waals surface area contributed by atoms with Crippen LogP contribution >= 0.6 is 0 Å². The first-order valence-corrected chi connectivity index (χ1v) is 10.6. The number of aryl methyl sites for hydroxylation is 1. The third-order valence-corrected chi connectivity index (χ3v) is 5.39. The summed E-state index contributed by atoms with van der Waals surface area (Å²) in [7, 11) is 0. The van der Waals surface area contributed by atoms with Crippen LogP contribution < -0.4 is 0 Å². The van der Waals surface area contributed by atoms with Gasteiger partial charge in [-0.05, 0) is 31.2 Å². The number of hydrogen-bond acceptors (Lipinski definition) is 5. The summed E-state index contributed by atoms with van der Waals surface area (Å²) < 4.78 is 0. The number of aliphatic hydroxyl groups is 1. The molecule has 0 radical (unpaired) electrons. The first-order valence-electron chi connectivity index (χ1n) is 10.6. The molecular weight excluding hydrogens is 366 g/mol. The van der Waals surface area contributed by atoms with E-state index in [9.17, 15) is 9.90 Å². The second-order valence-corrected chi connectivity index (χ2v) is 7.68. The summed E-state index contributed by atoms with van der Waals surface area (Å²) in [6.45, 7) is 0.783. The van der Waals surface area contributed by atoms with Gasteiger partial charge in [0.15, 0.2) is 5.82 Å². The van der Waals surface area contributed by atoms with Gasteiger partial charge >= 0.3 is 0 Å². The number of amides is 1. The van der Waals surface area contributed by atoms with Crippen molar-refractivity contribution in [2.24, 2.45) is 0 Å². The van der Waals surface area contributed by atoms with Gasteiger partial charge in [0.2, 0.25) is 5.91 Å². The van der Waals surface area contributed by atoms with Crippen molar-refractivity contribution in [2.75, 3.05) is 6.54 Å². The Morgan fingerprint density at radius 3 is 2.83 bits per heavy atom. The number of benzene rings is 1. The number of aliphatic hydroxyl groups excluding tert-OH is 1. The van der Waals surface area contributed by atoms with Gasteiger partial charge in [0.25, 0.3) is 0 Å². The Bertz CT molecular complexity index is 748. The molecule has 156 valence electrons. The molecule has 1 aromatic heterocycles. The molecule has 29 heavy (non-hydrogen) atoms. The van der Waals surface area contributed by atoms with Crippen LogP contribution in [0.3, 0.4) is 0 Å². The number of H-pyrrole nitrogens is 1. The van der Waals surface area contributed by atoms with Gasteiger partial charge in [-0.1, -0.05) is 60.5 Å². The van der Waals surface area contributed by atoms with Crippen LogP contribution in [0.4, 0.5) is 0 Å². The van der Waals surface area contributed by atoms with Gasteiger partial charge in [0.05, 0.1) is 12.1 Å². The molecule has 1 aliphatic heterocycles. The highest BCUT2D eigenvalue weighted by atomic mass is 16.3. The van der Waals surface area contributed by atoms with E-state index < -0.39 is 6.10 Å². The number of carbonyl (C=O) groups excluding carboxylic acids is 1. The Morgan fingerprint density at radius 1 is 1.21 bits per heavy atom. The molecule has 1 saturated heterocycles. The largest absolute Gasteiger partial charge is 0.389 e. The number of tetrazole rings is 1. The first kappa shape index (κ1) is 21.2. The smallest absolute Gasteiger partial charge is 0.223 e. The molecule has 1 unspecified atom stereocenters. The molecule has 7 heteroatoms. The van der Waals surface area contributed by atoms with Gasteiger partial charge in [0, 0.05) is 25.8 Å². The lowest BCUT2D eigenvalue weighted by Gasteiger charge is -2.34. The summed E-state index contributed by atoms with van der Waals surface area (Å²) in [5.74, 6) is 0.991. The zero-order chi connectivity index (χ0) is 20.3. The predicted molar refractivity (Wildman–Crippen MR) is 111 cm³/mol. The van der Waals surface area contributed by atoms with E-state index in [0.29, 0.717) is 12.8 Å². The highest BCUT2D eigenvalue weighted by Gasteiger charge is 2.25. The van der Waals surface area contributed by atoms with Crippen molar-refractivity contribution in [3.63, 3.8) is 0 Å². The standard InChI is InChI=1S/C22H31N5O2/c28-20(17-18-9-4-3-5-10-18)15-14-19-11-8-13-22(29)27(19)16-7-2-1-6-12-21-23-25-26-24-21/h3-5,9-10,14-15,19-20,28H,1-2,6-8,11-13,16-17H2,(H,23,24,25,26)/t19-,20?/m1/s1. The Morgan fingerprint density at radius 2 is 2.03 bits per heavy atom. The van der Waals surface area contributed by atoms with E-state index in [0.717, 1.165) is 62.9 Å². The molecule has 1 aliphatic rings. The van der Waals surface area contributed by atoms with Crippen molar-refractivity contribution in [3.05, 3.63) is 53.9 Å². The average molecular weight is 398 g/mol. The Hall–Kier alpha value is -2.54. The lowest BCUT2D eigenvalue weighted by atomic mass is 9.99. The summed E-state index contributed by atoms with van der Waals surface area (Å²) in [4.78, 5) is 14.4. The molecule has 2 N–H and O–H groups in total. The second kappa shape index (κ2) is 11.5. The molecule has 0 bridgehead atoms. The number of nitrogens with zero attached hydrogens (tertiary/aromatic N) is 4. The number of aromatic nitrogens is 4. The van der Waals surface area contributed by atoms with Crippen LogP contribution in [0.25, 0.3) is 0 Å². The van der Waals surface area contributed by atoms with E-state index in [1.807, 2.05) is 47.4 Å². The molecule has 7 nitrogen and oxygen atoms in total. The molecule has 2 aromatic rings. The summed E-state index contributed by atoms with van der Waals surface area (Å²) in [6.07, 6.45) is 11.5. The number of hydrogen-bond donors (Lipinski definition) is 2. The molecule has 2 heterocycles. The van der Waals surface area contributed by atoms with Crippen LogP contribution in [0, 0.1) is 0 Å². The van der Waals surface area contributed by atoms with Crippen molar-refractivity contribution in [1.29, 1.82) is 0 Å². The van der Waals surface area contributed by atoms with Crippen molar-refractivity contribution in [2.45, 2.75) is 69.9 Å². The molecule has 0 aliphatic carbocycles. The van der Waals surface area contributed by atoms with Crippen LogP contribution in [0.1, 0.15) is 56.3 Å². The van der Waals surface area contributed by atoms with E-state index >= 15 is 0 Å². The first-order chi connectivity index (χ1) is 14.2. The van der Waals surface area contributed by atoms with Gasteiger partial charge < -0.3 is 10.0 Å². The Balaban J connectivity index is 1.41. The maximum atomic E-state index is 12.4. The van der Waals surface area contributed by atoms with Gasteiger partial charge in [-0.3, -0.25) is 4.79 Å². The topological polar surface area (TPSA) is 95.0 Å². The zero-order valence-corrected chi connectivity index (χ0v) is 16.9. The average Bonchev–Trinajstić information content (AvgIpc) is 3.24. The van der Waals surface area contributed by atoms with Crippen LogP contribution in [0.5, 0.6) is 0 Å². The number of likely N-dealkylation sites (tertiary alicyclic amines) is 1. The van der Waals surface area contributed by atoms with Crippen LogP contribution in [0.15, 0.2) is 42.5 Å². The lowest BCUT2D eigenvalue weighted by Crippen LogP contribution is -2.43. The fraction of sp³-hybridized carbons (Fsp3) is 0.545. The summed E-state index contributed by atoms with van der Waals surface area (Å²) >= 11 is 0. The van der Waals surface area contributed by atoms with E-state index in [1.54, 1.807) is 0 Å². The van der Waals surface area contributed by atoms with Crippen LogP contribution in [-0.4, -0.2) is 55.2 Å². The lowest BCUT2D eigenvalue weighted by molar-refractivity contribution is -0.135. The molecule has 0 saturated carbocycles. The fourth-order valence-electron chi connectivity index (χ4n) is 3.82. The van der Waals surface area contributed by atoms with E-state index in [2.05, 4.69) is 20.6 Å². The van der Waals surface area contributed by atoms with Crippen LogP contribution in [-0.2, 0) is 17.6 Å². The number of carbonyl (C=O) groups is 1. The molecule has 1 aromatic carbocycles. The molecule has 3 rings (SSSR count). The Kier molecular flexibility index (Phi) is 8.37. The van der Waals surface area contributed by atoms with Gasteiger partial charge in [-0.25, -0.2) is 0 Å². The van der Waals surface area contributed by atoms with E-state index in [1.165, 1.54) is 0 Å². The van der Waals surface area contributed by atoms with Gasteiger partial charge in [0.1, 0.15) is 0 Å². The number of nitrogens with one attached hydrogen (secondary N) is 1.